The molecular weight excluding hydrogens is 340 g/mol. The summed E-state index contributed by atoms with van der Waals surface area (Å²) < 4.78 is 3.21. The molecular formula is C21H26N4O2. The van der Waals surface area contributed by atoms with Crippen LogP contribution in [-0.2, 0) is 24.3 Å². The zero-order valence-corrected chi connectivity index (χ0v) is 16.1. The van der Waals surface area contributed by atoms with Gasteiger partial charge in [0.15, 0.2) is 0 Å². The fraction of sp³-hybridized carbons (Fsp3) is 0.333. The summed E-state index contributed by atoms with van der Waals surface area (Å²) in [6, 6.07) is 15.4. The third kappa shape index (κ3) is 4.28. The summed E-state index contributed by atoms with van der Waals surface area (Å²) in [4.78, 5) is 27.2. The number of rotatable bonds is 7. The number of nitrogens with one attached hydrogen (secondary N) is 1. The van der Waals surface area contributed by atoms with Crippen LogP contribution in [-0.4, -0.2) is 40.6 Å². The summed E-state index contributed by atoms with van der Waals surface area (Å²) in [7, 11) is 4.10. The molecule has 27 heavy (non-hydrogen) atoms. The van der Waals surface area contributed by atoms with Crippen molar-refractivity contribution >= 4 is 22.6 Å². The second-order valence-electron chi connectivity index (χ2n) is 6.90. The minimum Gasteiger partial charge on any atom is -0.325 e. The molecule has 0 spiro atoms. The third-order valence-corrected chi connectivity index (χ3v) is 4.63. The highest BCUT2D eigenvalue weighted by atomic mass is 16.2. The molecule has 0 radical (unpaired) electrons. The molecule has 0 aliphatic rings. The number of carbonyl (C=O) groups excluding carboxylic acids is 1. The number of fused-ring (bicyclic) bond motifs is 1. The standard InChI is InChI=1S/C21H26N4O2/c1-4-24-18-7-5-6-8-19(18)25(21(24)27)15-20(26)22-17-11-9-16(10-12-17)13-14-23(2)3/h5-12H,4,13-15H2,1-3H3,(H,22,26). The van der Waals surface area contributed by atoms with Gasteiger partial charge in [0.25, 0.3) is 0 Å². The van der Waals surface area contributed by atoms with Crippen LogP contribution in [0.3, 0.4) is 0 Å². The highest BCUT2D eigenvalue weighted by Crippen LogP contribution is 2.14. The molecule has 0 saturated heterocycles. The molecule has 142 valence electrons. The van der Waals surface area contributed by atoms with Crippen molar-refractivity contribution in [3.63, 3.8) is 0 Å². The van der Waals surface area contributed by atoms with E-state index in [1.165, 1.54) is 10.1 Å². The van der Waals surface area contributed by atoms with Crippen molar-refractivity contribution in [2.24, 2.45) is 0 Å². The van der Waals surface area contributed by atoms with Gasteiger partial charge >= 0.3 is 5.69 Å². The first-order chi connectivity index (χ1) is 13.0. The van der Waals surface area contributed by atoms with Gasteiger partial charge in [0, 0.05) is 18.8 Å². The SMILES string of the molecule is CCn1c(=O)n(CC(=O)Nc2ccc(CCN(C)C)cc2)c2ccccc21. The number of carbonyl (C=O) groups is 1. The van der Waals surface area contributed by atoms with Crippen LogP contribution in [0.2, 0.25) is 0 Å². The minimum absolute atomic E-state index is 0.00523. The highest BCUT2D eigenvalue weighted by Gasteiger charge is 2.14. The molecule has 1 heterocycles. The van der Waals surface area contributed by atoms with Gasteiger partial charge in [-0.05, 0) is 57.3 Å². The van der Waals surface area contributed by atoms with Gasteiger partial charge in [0.05, 0.1) is 11.0 Å². The summed E-state index contributed by atoms with van der Waals surface area (Å²) >= 11 is 0. The average molecular weight is 366 g/mol. The molecule has 1 N–H and O–H groups in total. The minimum atomic E-state index is -0.211. The third-order valence-electron chi connectivity index (χ3n) is 4.63. The maximum Gasteiger partial charge on any atom is 0.329 e. The number of para-hydroxylation sites is 2. The van der Waals surface area contributed by atoms with E-state index in [1.54, 1.807) is 4.57 Å². The largest absolute Gasteiger partial charge is 0.329 e. The number of hydrogen-bond donors (Lipinski definition) is 1. The lowest BCUT2D eigenvalue weighted by Crippen LogP contribution is -2.29. The quantitative estimate of drug-likeness (QED) is 0.699. The average Bonchev–Trinajstić information content (AvgIpc) is 2.92. The molecule has 0 unspecified atom stereocenters. The van der Waals surface area contributed by atoms with Crippen molar-refractivity contribution in [2.75, 3.05) is 26.0 Å². The fourth-order valence-electron chi connectivity index (χ4n) is 3.18. The molecule has 3 aromatic rings. The number of aromatic nitrogens is 2. The van der Waals surface area contributed by atoms with Crippen molar-refractivity contribution < 1.29 is 4.79 Å². The van der Waals surface area contributed by atoms with Crippen LogP contribution in [0.15, 0.2) is 53.3 Å². The first-order valence-electron chi connectivity index (χ1n) is 9.21. The van der Waals surface area contributed by atoms with E-state index in [2.05, 4.69) is 10.2 Å². The van der Waals surface area contributed by atoms with Crippen LogP contribution in [0.4, 0.5) is 5.69 Å². The molecule has 0 atom stereocenters. The van der Waals surface area contributed by atoms with Crippen LogP contribution in [0, 0.1) is 0 Å². The number of benzene rings is 2. The molecule has 0 bridgehead atoms. The number of anilines is 1. The smallest absolute Gasteiger partial charge is 0.325 e. The summed E-state index contributed by atoms with van der Waals surface area (Å²) in [6.07, 6.45) is 0.965. The van der Waals surface area contributed by atoms with E-state index >= 15 is 0 Å². The van der Waals surface area contributed by atoms with E-state index in [0.717, 1.165) is 29.7 Å². The van der Waals surface area contributed by atoms with E-state index in [0.29, 0.717) is 6.54 Å². The Morgan fingerprint density at radius 1 is 1.00 bits per heavy atom. The Balaban J connectivity index is 1.72. The Labute approximate surface area is 159 Å². The molecule has 6 heteroatoms. The van der Waals surface area contributed by atoms with Crippen molar-refractivity contribution in [2.45, 2.75) is 26.4 Å². The highest BCUT2D eigenvalue weighted by molar-refractivity contribution is 5.91. The van der Waals surface area contributed by atoms with Crippen LogP contribution in [0.1, 0.15) is 12.5 Å². The molecule has 2 aromatic carbocycles. The second-order valence-corrected chi connectivity index (χ2v) is 6.90. The molecule has 0 fully saturated rings. The van der Waals surface area contributed by atoms with E-state index in [-0.39, 0.29) is 18.1 Å². The zero-order chi connectivity index (χ0) is 19.4. The number of nitrogens with zero attached hydrogens (tertiary/aromatic N) is 3. The molecule has 0 saturated carbocycles. The van der Waals surface area contributed by atoms with Gasteiger partial charge in [0.2, 0.25) is 5.91 Å². The lowest BCUT2D eigenvalue weighted by atomic mass is 10.1. The van der Waals surface area contributed by atoms with Crippen LogP contribution in [0.25, 0.3) is 11.0 Å². The van der Waals surface area contributed by atoms with Crippen LogP contribution >= 0.6 is 0 Å². The lowest BCUT2D eigenvalue weighted by Gasteiger charge is -2.10. The van der Waals surface area contributed by atoms with Crippen LogP contribution < -0.4 is 11.0 Å². The Kier molecular flexibility index (Phi) is 5.76. The number of amides is 1. The second kappa shape index (κ2) is 8.22. The van der Waals surface area contributed by atoms with Crippen molar-refractivity contribution in [3.8, 4) is 0 Å². The first-order valence-corrected chi connectivity index (χ1v) is 9.21. The Morgan fingerprint density at radius 2 is 1.63 bits per heavy atom. The van der Waals surface area contributed by atoms with E-state index in [9.17, 15) is 9.59 Å². The molecule has 0 aliphatic carbocycles. The van der Waals surface area contributed by atoms with E-state index < -0.39 is 0 Å². The number of aryl methyl sites for hydroxylation is 1. The Bertz CT molecular complexity index is 984. The molecule has 1 amide bonds. The maximum atomic E-state index is 12.6. The van der Waals surface area contributed by atoms with Gasteiger partial charge in [0.1, 0.15) is 6.54 Å². The summed E-state index contributed by atoms with van der Waals surface area (Å²) in [6.45, 7) is 3.48. The van der Waals surface area contributed by atoms with E-state index in [1.807, 2.05) is 69.6 Å². The lowest BCUT2D eigenvalue weighted by molar-refractivity contribution is -0.116. The van der Waals surface area contributed by atoms with Gasteiger partial charge in [-0.2, -0.15) is 0 Å². The Hall–Kier alpha value is -2.86. The van der Waals surface area contributed by atoms with E-state index in [4.69, 9.17) is 0 Å². The normalized spacial score (nSPS) is 11.3. The summed E-state index contributed by atoms with van der Waals surface area (Å²) in [5.41, 5.74) is 3.43. The topological polar surface area (TPSA) is 59.3 Å². The van der Waals surface area contributed by atoms with Gasteiger partial charge in [-0.15, -0.1) is 0 Å². The van der Waals surface area contributed by atoms with Crippen molar-refractivity contribution in [1.29, 1.82) is 0 Å². The van der Waals surface area contributed by atoms with Crippen molar-refractivity contribution in [1.82, 2.24) is 14.0 Å². The predicted octanol–water partition coefficient (Wildman–Crippen LogP) is 2.57. The van der Waals surface area contributed by atoms with Gasteiger partial charge in [-0.1, -0.05) is 24.3 Å². The molecule has 1 aromatic heterocycles. The molecule has 3 rings (SSSR count). The van der Waals surface area contributed by atoms with Gasteiger partial charge in [-0.25, -0.2) is 4.79 Å². The molecule has 0 aliphatic heterocycles. The predicted molar refractivity (Wildman–Crippen MR) is 109 cm³/mol. The number of hydrogen-bond acceptors (Lipinski definition) is 3. The Morgan fingerprint density at radius 3 is 2.22 bits per heavy atom. The number of imidazole rings is 1. The first kappa shape index (κ1) is 18.9. The summed E-state index contributed by atoms with van der Waals surface area (Å²) in [5.74, 6) is -0.211. The van der Waals surface area contributed by atoms with Gasteiger partial charge < -0.3 is 10.2 Å². The monoisotopic (exact) mass is 366 g/mol. The number of likely N-dealkylation sites (N-methyl/N-ethyl adjacent to an activating group) is 1. The molecule has 6 nitrogen and oxygen atoms in total. The van der Waals surface area contributed by atoms with Crippen LogP contribution in [0.5, 0.6) is 0 Å². The fourth-order valence-corrected chi connectivity index (χ4v) is 3.18. The van der Waals surface area contributed by atoms with Crippen molar-refractivity contribution in [3.05, 3.63) is 64.6 Å². The summed E-state index contributed by atoms with van der Waals surface area (Å²) in [5, 5.41) is 2.88. The zero-order valence-electron chi connectivity index (χ0n) is 16.1. The van der Waals surface area contributed by atoms with Gasteiger partial charge in [-0.3, -0.25) is 13.9 Å². The maximum absolute atomic E-state index is 12.6.